The van der Waals surface area contributed by atoms with Crippen molar-refractivity contribution in [1.82, 2.24) is 9.88 Å². The van der Waals surface area contributed by atoms with E-state index in [1.807, 2.05) is 12.3 Å². The number of amides is 1. The van der Waals surface area contributed by atoms with E-state index in [2.05, 4.69) is 4.98 Å². The first-order valence-corrected chi connectivity index (χ1v) is 9.66. The van der Waals surface area contributed by atoms with Gasteiger partial charge in [-0.1, -0.05) is 6.08 Å². The Morgan fingerprint density at radius 1 is 1.38 bits per heavy atom. The maximum Gasteiger partial charge on any atom is 0.240 e. The molecule has 1 aliphatic heterocycles. The average molecular weight is 350 g/mol. The zero-order valence-electron chi connectivity index (χ0n) is 13.5. The van der Waals surface area contributed by atoms with E-state index in [1.54, 1.807) is 11.0 Å². The fourth-order valence-corrected chi connectivity index (χ4v) is 3.43. The molecule has 0 aliphatic carbocycles. The summed E-state index contributed by atoms with van der Waals surface area (Å²) in [6.45, 7) is 2.27. The number of aromatic nitrogens is 1. The van der Waals surface area contributed by atoms with Gasteiger partial charge in [-0.25, -0.2) is 12.8 Å². The van der Waals surface area contributed by atoms with Crippen molar-refractivity contribution in [2.24, 2.45) is 0 Å². The third-order valence-corrected chi connectivity index (χ3v) is 5.99. The van der Waals surface area contributed by atoms with Crippen molar-refractivity contribution in [3.63, 3.8) is 0 Å². The van der Waals surface area contributed by atoms with E-state index >= 15 is 0 Å². The van der Waals surface area contributed by atoms with Crippen LogP contribution in [0.5, 0.6) is 0 Å². The number of nitrogens with one attached hydrogen (secondary N) is 1. The Morgan fingerprint density at radius 2 is 2.12 bits per heavy atom. The maximum atomic E-state index is 13.3. The number of H-pyrrole nitrogens is 1. The molecule has 2 aromatic rings. The summed E-state index contributed by atoms with van der Waals surface area (Å²) >= 11 is 0. The highest BCUT2D eigenvalue weighted by Gasteiger charge is 2.29. The number of fused-ring (bicyclic) bond motifs is 1. The lowest BCUT2D eigenvalue weighted by Gasteiger charge is -2.28. The number of rotatable bonds is 3. The van der Waals surface area contributed by atoms with Gasteiger partial charge in [0.05, 0.1) is 0 Å². The van der Waals surface area contributed by atoms with Gasteiger partial charge >= 0.3 is 0 Å². The van der Waals surface area contributed by atoms with Crippen LogP contribution < -0.4 is 0 Å². The Labute approximate surface area is 140 Å². The van der Waals surface area contributed by atoms with Gasteiger partial charge < -0.3 is 9.88 Å². The minimum atomic E-state index is -3.39. The van der Waals surface area contributed by atoms with Crippen molar-refractivity contribution >= 4 is 32.2 Å². The number of aromatic amines is 1. The Kier molecular flexibility index (Phi) is 4.21. The summed E-state index contributed by atoms with van der Waals surface area (Å²) in [6.07, 6.45) is 5.48. The Bertz CT molecular complexity index is 930. The van der Waals surface area contributed by atoms with E-state index in [4.69, 9.17) is 0 Å². The van der Waals surface area contributed by atoms with Gasteiger partial charge in [-0.2, -0.15) is 0 Å². The van der Waals surface area contributed by atoms with Crippen LogP contribution in [0.4, 0.5) is 4.39 Å². The second-order valence-corrected chi connectivity index (χ2v) is 8.49. The first kappa shape index (κ1) is 16.7. The number of hydrogen-bond acceptors (Lipinski definition) is 3. The summed E-state index contributed by atoms with van der Waals surface area (Å²) in [5.74, 6) is -0.658. The summed E-state index contributed by atoms with van der Waals surface area (Å²) in [4.78, 5) is 16.9. The van der Waals surface area contributed by atoms with Crippen LogP contribution in [0.2, 0.25) is 0 Å². The average Bonchev–Trinajstić information content (AvgIpc) is 2.95. The van der Waals surface area contributed by atoms with Crippen LogP contribution >= 0.6 is 0 Å². The molecule has 1 N–H and O–H groups in total. The van der Waals surface area contributed by atoms with Crippen molar-refractivity contribution < 1.29 is 17.6 Å². The largest absolute Gasteiger partial charge is 0.360 e. The molecule has 1 aliphatic rings. The molecule has 5 nitrogen and oxygen atoms in total. The third-order valence-electron chi connectivity index (χ3n) is 4.50. The molecule has 0 spiro atoms. The summed E-state index contributed by atoms with van der Waals surface area (Å²) in [5.41, 5.74) is 2.80. The minimum Gasteiger partial charge on any atom is -0.360 e. The molecule has 128 valence electrons. The van der Waals surface area contributed by atoms with Gasteiger partial charge in [0.1, 0.15) is 11.1 Å². The number of halogens is 1. The minimum absolute atomic E-state index is 0.292. The molecule has 1 unspecified atom stereocenters. The first-order chi connectivity index (χ1) is 11.3. The third kappa shape index (κ3) is 3.08. The summed E-state index contributed by atoms with van der Waals surface area (Å²) in [5, 5.41) is -0.0876. The molecule has 1 aromatic heterocycles. The van der Waals surface area contributed by atoms with Gasteiger partial charge in [-0.3, -0.25) is 4.79 Å². The molecule has 24 heavy (non-hydrogen) atoms. The lowest BCUT2D eigenvalue weighted by Crippen LogP contribution is -2.43. The van der Waals surface area contributed by atoms with E-state index in [-0.39, 0.29) is 11.7 Å². The van der Waals surface area contributed by atoms with Crippen molar-refractivity contribution in [1.29, 1.82) is 0 Å². The molecular formula is C17H19FN2O3S. The highest BCUT2D eigenvalue weighted by Crippen LogP contribution is 2.29. The van der Waals surface area contributed by atoms with Crippen LogP contribution in [-0.2, 0) is 14.6 Å². The van der Waals surface area contributed by atoms with E-state index in [9.17, 15) is 17.6 Å². The van der Waals surface area contributed by atoms with Crippen molar-refractivity contribution in [3.05, 3.63) is 41.9 Å². The van der Waals surface area contributed by atoms with Gasteiger partial charge in [-0.15, -0.1) is 0 Å². The molecule has 0 fully saturated rings. The highest BCUT2D eigenvalue weighted by molar-refractivity contribution is 7.92. The lowest BCUT2D eigenvalue weighted by atomic mass is 9.99. The molecule has 1 aromatic carbocycles. The van der Waals surface area contributed by atoms with Crippen LogP contribution in [-0.4, -0.2) is 48.8 Å². The van der Waals surface area contributed by atoms with Crippen molar-refractivity contribution in [2.75, 3.05) is 19.3 Å². The van der Waals surface area contributed by atoms with Crippen LogP contribution in [0.1, 0.15) is 18.9 Å². The van der Waals surface area contributed by atoms with E-state index in [0.29, 0.717) is 19.5 Å². The molecule has 0 saturated heterocycles. The molecule has 1 amide bonds. The number of hydrogen-bond donors (Lipinski definition) is 1. The number of carbonyl (C=O) groups is 1. The first-order valence-electron chi connectivity index (χ1n) is 7.71. The maximum absolute atomic E-state index is 13.3. The monoisotopic (exact) mass is 350 g/mol. The van der Waals surface area contributed by atoms with Gasteiger partial charge in [0.15, 0.2) is 9.84 Å². The summed E-state index contributed by atoms with van der Waals surface area (Å²) in [6, 6.07) is 4.61. The standard InChI is InChI=1S/C17H19FN2O3S/c1-11(24(2,22)23)17(21)20-7-5-12(6-8-20)15-10-19-16-9-13(18)3-4-14(15)16/h3-5,9-11,19H,6-8H2,1-2H3. The molecule has 0 radical (unpaired) electrons. The Balaban J connectivity index is 1.81. The van der Waals surface area contributed by atoms with Crippen LogP contribution in [0.15, 0.2) is 30.5 Å². The Hall–Kier alpha value is -2.15. The molecular weight excluding hydrogens is 331 g/mol. The van der Waals surface area contributed by atoms with Crippen molar-refractivity contribution in [3.8, 4) is 0 Å². The zero-order valence-corrected chi connectivity index (χ0v) is 14.4. The second kappa shape index (κ2) is 6.05. The fraction of sp³-hybridized carbons (Fsp3) is 0.353. The molecule has 1 atom stereocenters. The molecule has 0 bridgehead atoms. The topological polar surface area (TPSA) is 70.2 Å². The van der Waals surface area contributed by atoms with Gasteiger partial charge in [0, 0.05) is 42.0 Å². The van der Waals surface area contributed by atoms with Gasteiger partial charge in [-0.05, 0) is 37.1 Å². The molecule has 7 heteroatoms. The van der Waals surface area contributed by atoms with Gasteiger partial charge in [0.25, 0.3) is 0 Å². The second-order valence-electron chi connectivity index (χ2n) is 6.13. The SMILES string of the molecule is CC(C(=O)N1CC=C(c2c[nH]c3cc(F)ccc23)CC1)S(C)(=O)=O. The number of nitrogens with zero attached hydrogens (tertiary/aromatic N) is 1. The van der Waals surface area contributed by atoms with Crippen LogP contribution in [0, 0.1) is 5.82 Å². The van der Waals surface area contributed by atoms with Crippen LogP contribution in [0.25, 0.3) is 16.5 Å². The molecule has 2 heterocycles. The van der Waals surface area contributed by atoms with Crippen molar-refractivity contribution in [2.45, 2.75) is 18.6 Å². The molecule has 0 saturated carbocycles. The summed E-state index contributed by atoms with van der Waals surface area (Å²) < 4.78 is 36.4. The van der Waals surface area contributed by atoms with E-state index in [1.165, 1.54) is 19.1 Å². The lowest BCUT2D eigenvalue weighted by molar-refractivity contribution is -0.130. The predicted octanol–water partition coefficient (Wildman–Crippen LogP) is 2.36. The zero-order chi connectivity index (χ0) is 17.5. The smallest absolute Gasteiger partial charge is 0.240 e. The predicted molar refractivity (Wildman–Crippen MR) is 91.7 cm³/mol. The van der Waals surface area contributed by atoms with Crippen LogP contribution in [0.3, 0.4) is 0 Å². The normalized spacial score (nSPS) is 17.0. The van der Waals surface area contributed by atoms with Gasteiger partial charge in [0.2, 0.25) is 5.91 Å². The number of carbonyl (C=O) groups excluding carboxylic acids is 1. The Morgan fingerprint density at radius 3 is 2.75 bits per heavy atom. The highest BCUT2D eigenvalue weighted by atomic mass is 32.2. The summed E-state index contributed by atoms with van der Waals surface area (Å²) in [7, 11) is -3.39. The quantitative estimate of drug-likeness (QED) is 0.924. The number of benzene rings is 1. The number of sulfone groups is 1. The fourth-order valence-electron chi connectivity index (χ4n) is 2.92. The molecule has 3 rings (SSSR count). The van der Waals surface area contributed by atoms with E-state index in [0.717, 1.165) is 28.3 Å². The van der Waals surface area contributed by atoms with E-state index < -0.39 is 15.1 Å².